The van der Waals surface area contributed by atoms with Gasteiger partial charge in [0.05, 0.1) is 22.1 Å². The predicted octanol–water partition coefficient (Wildman–Crippen LogP) is 7.40. The normalized spacial score (nSPS) is 12.0. The fourth-order valence-electron chi connectivity index (χ4n) is 4.63. The molecule has 7 aromatic rings. The summed E-state index contributed by atoms with van der Waals surface area (Å²) in [6.07, 6.45) is 0. The Morgan fingerprint density at radius 3 is 1.20 bits per heavy atom. The number of hydrogen-bond donors (Lipinski definition) is 0. The van der Waals surface area contributed by atoms with E-state index >= 15 is 0 Å². The zero-order valence-electron chi connectivity index (χ0n) is 16.1. The minimum Gasteiger partial charge on any atom is -0.244 e. The lowest BCUT2D eigenvalue weighted by molar-refractivity contribution is 1.42. The van der Waals surface area contributed by atoms with Crippen molar-refractivity contribution in [3.63, 3.8) is 0 Å². The molecule has 1 aromatic heterocycles. The Balaban J connectivity index is 1.61. The maximum absolute atomic E-state index is 5.08. The van der Waals surface area contributed by atoms with Gasteiger partial charge in [0.1, 0.15) is 0 Å². The molecule has 0 saturated heterocycles. The summed E-state index contributed by atoms with van der Waals surface area (Å²) in [4.78, 5) is 10.2. The summed E-state index contributed by atoms with van der Waals surface area (Å²) in [5.41, 5.74) is 3.80. The molecule has 0 aliphatic heterocycles. The average molecular weight is 380 g/mol. The number of rotatable bonds is 0. The molecule has 138 valence electrons. The zero-order chi connectivity index (χ0) is 19.7. The maximum atomic E-state index is 5.08. The SMILES string of the molecule is c1ccc2cc3c(ccc4nc5c(ccc6cc7ccccc7cc65)nc43)cc2c1. The van der Waals surface area contributed by atoms with Crippen LogP contribution >= 0.6 is 0 Å². The minimum atomic E-state index is 0.936. The number of hydrogen-bond acceptors (Lipinski definition) is 2. The first-order valence-electron chi connectivity index (χ1n) is 10.2. The van der Waals surface area contributed by atoms with Gasteiger partial charge in [-0.25, -0.2) is 9.97 Å². The zero-order valence-corrected chi connectivity index (χ0v) is 16.1. The van der Waals surface area contributed by atoms with Crippen molar-refractivity contribution >= 4 is 65.2 Å². The molecular formula is C28H16N2. The molecule has 1 heterocycles. The molecule has 0 spiro atoms. The summed E-state index contributed by atoms with van der Waals surface area (Å²) in [5, 5.41) is 9.64. The van der Waals surface area contributed by atoms with E-state index in [0.29, 0.717) is 0 Å². The summed E-state index contributed by atoms with van der Waals surface area (Å²) in [6, 6.07) is 34.4. The first kappa shape index (κ1) is 15.8. The van der Waals surface area contributed by atoms with E-state index in [1.54, 1.807) is 0 Å². The van der Waals surface area contributed by atoms with Crippen LogP contribution in [0.25, 0.3) is 65.2 Å². The van der Waals surface area contributed by atoms with Gasteiger partial charge < -0.3 is 0 Å². The van der Waals surface area contributed by atoms with Crippen LogP contribution < -0.4 is 0 Å². The van der Waals surface area contributed by atoms with Gasteiger partial charge in [0.25, 0.3) is 0 Å². The Morgan fingerprint density at radius 1 is 0.367 bits per heavy atom. The highest BCUT2D eigenvalue weighted by Gasteiger charge is 2.10. The van der Waals surface area contributed by atoms with Gasteiger partial charge in [0.15, 0.2) is 0 Å². The van der Waals surface area contributed by atoms with Crippen molar-refractivity contribution in [3.8, 4) is 0 Å². The third-order valence-electron chi connectivity index (χ3n) is 6.14. The molecular weight excluding hydrogens is 364 g/mol. The minimum absolute atomic E-state index is 0.936. The molecule has 0 atom stereocenters. The highest BCUT2D eigenvalue weighted by Crippen LogP contribution is 2.32. The predicted molar refractivity (Wildman–Crippen MR) is 127 cm³/mol. The molecule has 0 unspecified atom stereocenters. The highest BCUT2D eigenvalue weighted by atomic mass is 14.8. The van der Waals surface area contributed by atoms with Gasteiger partial charge in [-0.1, -0.05) is 60.7 Å². The second-order valence-corrected chi connectivity index (χ2v) is 7.93. The van der Waals surface area contributed by atoms with Crippen LogP contribution in [-0.4, -0.2) is 9.97 Å². The molecule has 30 heavy (non-hydrogen) atoms. The van der Waals surface area contributed by atoms with Gasteiger partial charge in [-0.3, -0.25) is 0 Å². The van der Waals surface area contributed by atoms with Gasteiger partial charge >= 0.3 is 0 Å². The fourth-order valence-corrected chi connectivity index (χ4v) is 4.63. The standard InChI is InChI=1S/C28H16N2/c1-3-7-19-15-23-21(13-17(19)5-1)9-11-25-27(23)29-26-12-10-22-14-18-6-2-4-8-20(18)16-24(22)28(26)30-25/h1-16H. The largest absolute Gasteiger partial charge is 0.244 e. The number of aromatic nitrogens is 2. The molecule has 0 radical (unpaired) electrons. The van der Waals surface area contributed by atoms with Crippen LogP contribution in [0.4, 0.5) is 0 Å². The molecule has 0 N–H and O–H groups in total. The topological polar surface area (TPSA) is 25.8 Å². The van der Waals surface area contributed by atoms with Crippen LogP contribution in [0.2, 0.25) is 0 Å². The van der Waals surface area contributed by atoms with Crippen LogP contribution in [0.3, 0.4) is 0 Å². The lowest BCUT2D eigenvalue weighted by Crippen LogP contribution is -1.90. The van der Waals surface area contributed by atoms with E-state index in [1.165, 1.54) is 32.3 Å². The van der Waals surface area contributed by atoms with Crippen LogP contribution in [-0.2, 0) is 0 Å². The van der Waals surface area contributed by atoms with Gasteiger partial charge in [-0.15, -0.1) is 0 Å². The maximum Gasteiger partial charge on any atom is 0.0973 e. The molecule has 0 aliphatic rings. The van der Waals surface area contributed by atoms with E-state index in [-0.39, 0.29) is 0 Å². The van der Waals surface area contributed by atoms with Crippen molar-refractivity contribution in [2.75, 3.05) is 0 Å². The summed E-state index contributed by atoms with van der Waals surface area (Å²) in [7, 11) is 0. The summed E-state index contributed by atoms with van der Waals surface area (Å²) < 4.78 is 0. The van der Waals surface area contributed by atoms with Crippen LogP contribution in [0.5, 0.6) is 0 Å². The van der Waals surface area contributed by atoms with Crippen molar-refractivity contribution < 1.29 is 0 Å². The van der Waals surface area contributed by atoms with Crippen LogP contribution in [0.1, 0.15) is 0 Å². The van der Waals surface area contributed by atoms with Gasteiger partial charge in [0, 0.05) is 10.8 Å². The van der Waals surface area contributed by atoms with Crippen LogP contribution in [0, 0.1) is 0 Å². The van der Waals surface area contributed by atoms with Gasteiger partial charge in [-0.2, -0.15) is 0 Å². The van der Waals surface area contributed by atoms with E-state index in [2.05, 4.69) is 97.1 Å². The third-order valence-corrected chi connectivity index (χ3v) is 6.14. The summed E-state index contributed by atoms with van der Waals surface area (Å²) in [6.45, 7) is 0. The Morgan fingerprint density at radius 2 is 0.767 bits per heavy atom. The van der Waals surface area contributed by atoms with E-state index < -0.39 is 0 Å². The first-order chi connectivity index (χ1) is 14.8. The van der Waals surface area contributed by atoms with E-state index in [4.69, 9.17) is 9.97 Å². The lowest BCUT2D eigenvalue weighted by atomic mass is 10.0. The quantitative estimate of drug-likeness (QED) is 0.202. The smallest absolute Gasteiger partial charge is 0.0973 e. The summed E-state index contributed by atoms with van der Waals surface area (Å²) in [5.74, 6) is 0. The summed E-state index contributed by atoms with van der Waals surface area (Å²) >= 11 is 0. The van der Waals surface area contributed by atoms with Crippen molar-refractivity contribution in [2.24, 2.45) is 0 Å². The molecule has 7 rings (SSSR count). The third kappa shape index (κ3) is 2.19. The van der Waals surface area contributed by atoms with E-state index in [0.717, 1.165) is 32.8 Å². The van der Waals surface area contributed by atoms with Crippen molar-refractivity contribution in [1.82, 2.24) is 9.97 Å². The molecule has 0 aliphatic carbocycles. The van der Waals surface area contributed by atoms with Crippen molar-refractivity contribution in [2.45, 2.75) is 0 Å². The fraction of sp³-hybridized carbons (Fsp3) is 0. The first-order valence-corrected chi connectivity index (χ1v) is 10.2. The molecule has 0 fully saturated rings. The van der Waals surface area contributed by atoms with Gasteiger partial charge in [-0.05, 0) is 68.7 Å². The number of benzene rings is 6. The monoisotopic (exact) mass is 380 g/mol. The second kappa shape index (κ2) is 5.74. The molecule has 0 amide bonds. The van der Waals surface area contributed by atoms with Crippen molar-refractivity contribution in [1.29, 1.82) is 0 Å². The average Bonchev–Trinajstić information content (AvgIpc) is 2.80. The molecule has 0 bridgehead atoms. The second-order valence-electron chi connectivity index (χ2n) is 7.93. The van der Waals surface area contributed by atoms with Crippen LogP contribution in [0.15, 0.2) is 97.1 Å². The Kier molecular flexibility index (Phi) is 3.03. The molecule has 0 saturated carbocycles. The Labute approximate surface area is 172 Å². The lowest BCUT2D eigenvalue weighted by Gasteiger charge is -2.09. The van der Waals surface area contributed by atoms with E-state index in [9.17, 15) is 0 Å². The Hall–Kier alpha value is -4.04. The number of fused-ring (bicyclic) bond motifs is 8. The Bertz CT molecular complexity index is 1660. The van der Waals surface area contributed by atoms with Gasteiger partial charge in [0.2, 0.25) is 0 Å². The molecule has 2 heteroatoms. The highest BCUT2D eigenvalue weighted by molar-refractivity contribution is 6.14. The molecule has 2 nitrogen and oxygen atoms in total. The molecule has 6 aromatic carbocycles. The van der Waals surface area contributed by atoms with Crippen molar-refractivity contribution in [3.05, 3.63) is 97.1 Å². The number of nitrogens with zero attached hydrogens (tertiary/aromatic N) is 2. The van der Waals surface area contributed by atoms with E-state index in [1.807, 2.05) is 0 Å².